The predicted molar refractivity (Wildman–Crippen MR) is 77.3 cm³/mol. The van der Waals surface area contributed by atoms with Crippen LogP contribution < -0.4 is 0 Å². The molecule has 102 valence electrons. The van der Waals surface area contributed by atoms with Crippen molar-refractivity contribution in [3.05, 3.63) is 0 Å². The highest BCUT2D eigenvalue weighted by atomic mass is 15.1. The number of nitrogens with zero attached hydrogens (tertiary/aromatic N) is 1. The second kappa shape index (κ2) is 5.73. The fraction of sp³-hybridized carbons (Fsp3) is 1.00. The van der Waals surface area contributed by atoms with E-state index in [1.54, 1.807) is 0 Å². The summed E-state index contributed by atoms with van der Waals surface area (Å²) in [7, 11) is 0. The predicted octanol–water partition coefficient (Wildman–Crippen LogP) is 4.57. The van der Waals surface area contributed by atoms with Crippen LogP contribution in [0.3, 0.4) is 0 Å². The summed E-state index contributed by atoms with van der Waals surface area (Å²) in [5.41, 5.74) is 0.887. The number of hydrogen-bond donors (Lipinski definition) is 0. The second-order valence-corrected chi connectivity index (χ2v) is 8.19. The van der Waals surface area contributed by atoms with Crippen LogP contribution in [0.25, 0.3) is 0 Å². The first-order valence-electron chi connectivity index (χ1n) is 7.41. The second-order valence-electron chi connectivity index (χ2n) is 8.19. The largest absolute Gasteiger partial charge is 0.303 e. The van der Waals surface area contributed by atoms with Crippen molar-refractivity contribution in [1.29, 1.82) is 0 Å². The molecule has 1 fully saturated rings. The SMILES string of the molecule is CC(C)(C)C[C@@H](CN1CCCCC1)C(C)(C)C. The summed E-state index contributed by atoms with van der Waals surface area (Å²) >= 11 is 0. The minimum Gasteiger partial charge on any atom is -0.303 e. The summed E-state index contributed by atoms with van der Waals surface area (Å²) in [6, 6.07) is 0. The van der Waals surface area contributed by atoms with Gasteiger partial charge in [-0.1, -0.05) is 48.0 Å². The molecule has 1 aliphatic rings. The zero-order chi connectivity index (χ0) is 13.1. The fourth-order valence-corrected chi connectivity index (χ4v) is 2.84. The summed E-state index contributed by atoms with van der Waals surface area (Å²) in [5.74, 6) is 0.820. The Labute approximate surface area is 109 Å². The monoisotopic (exact) mass is 239 g/mol. The lowest BCUT2D eigenvalue weighted by molar-refractivity contribution is 0.0969. The van der Waals surface area contributed by atoms with Crippen molar-refractivity contribution >= 4 is 0 Å². The number of piperidine rings is 1. The first kappa shape index (κ1) is 15.0. The molecule has 0 aromatic carbocycles. The molecule has 1 saturated heterocycles. The van der Waals surface area contributed by atoms with Gasteiger partial charge in [0.2, 0.25) is 0 Å². The zero-order valence-corrected chi connectivity index (χ0v) is 13.0. The van der Waals surface area contributed by atoms with Crippen LogP contribution in [0.1, 0.15) is 67.2 Å². The highest BCUT2D eigenvalue weighted by molar-refractivity contribution is 4.82. The lowest BCUT2D eigenvalue weighted by Crippen LogP contribution is -2.39. The number of rotatable bonds is 3. The molecule has 1 aliphatic heterocycles. The summed E-state index contributed by atoms with van der Waals surface area (Å²) in [6.07, 6.45) is 5.60. The van der Waals surface area contributed by atoms with Crippen LogP contribution >= 0.6 is 0 Å². The van der Waals surface area contributed by atoms with Crippen molar-refractivity contribution in [3.63, 3.8) is 0 Å². The molecule has 0 aliphatic carbocycles. The Kier molecular flexibility index (Phi) is 5.07. The van der Waals surface area contributed by atoms with Gasteiger partial charge in [-0.3, -0.25) is 0 Å². The average Bonchev–Trinajstić information content (AvgIpc) is 2.15. The summed E-state index contributed by atoms with van der Waals surface area (Å²) in [6.45, 7) is 18.3. The molecule has 0 aromatic heterocycles. The normalized spacial score (nSPS) is 21.5. The van der Waals surface area contributed by atoms with Crippen molar-refractivity contribution in [2.75, 3.05) is 19.6 Å². The van der Waals surface area contributed by atoms with Gasteiger partial charge in [0, 0.05) is 6.54 Å². The molecule has 0 radical (unpaired) electrons. The molecule has 0 spiro atoms. The van der Waals surface area contributed by atoms with E-state index in [9.17, 15) is 0 Å². The van der Waals surface area contributed by atoms with Gasteiger partial charge in [0.25, 0.3) is 0 Å². The number of hydrogen-bond acceptors (Lipinski definition) is 1. The summed E-state index contributed by atoms with van der Waals surface area (Å²) in [4.78, 5) is 2.70. The minimum atomic E-state index is 0.435. The average molecular weight is 239 g/mol. The first-order valence-corrected chi connectivity index (χ1v) is 7.41. The molecule has 1 rings (SSSR count). The Morgan fingerprint density at radius 2 is 1.41 bits per heavy atom. The maximum atomic E-state index is 2.70. The van der Waals surface area contributed by atoms with Crippen LogP contribution in [0.2, 0.25) is 0 Å². The maximum Gasteiger partial charge on any atom is 0.00149 e. The molecule has 1 heteroatoms. The topological polar surface area (TPSA) is 3.24 Å². The molecule has 1 nitrogen and oxygen atoms in total. The van der Waals surface area contributed by atoms with Crippen LogP contribution in [0.4, 0.5) is 0 Å². The Morgan fingerprint density at radius 1 is 0.882 bits per heavy atom. The third-order valence-electron chi connectivity index (χ3n) is 4.01. The van der Waals surface area contributed by atoms with Crippen LogP contribution in [-0.4, -0.2) is 24.5 Å². The molecule has 0 bridgehead atoms. The lowest BCUT2D eigenvalue weighted by Gasteiger charge is -2.40. The van der Waals surface area contributed by atoms with Crippen molar-refractivity contribution in [3.8, 4) is 0 Å². The van der Waals surface area contributed by atoms with E-state index in [4.69, 9.17) is 0 Å². The van der Waals surface area contributed by atoms with Gasteiger partial charge < -0.3 is 4.90 Å². The maximum absolute atomic E-state index is 2.70. The van der Waals surface area contributed by atoms with Crippen LogP contribution in [-0.2, 0) is 0 Å². The van der Waals surface area contributed by atoms with Gasteiger partial charge in [-0.05, 0) is 49.1 Å². The van der Waals surface area contributed by atoms with E-state index in [-0.39, 0.29) is 0 Å². The van der Waals surface area contributed by atoms with Crippen molar-refractivity contribution in [2.24, 2.45) is 16.7 Å². The van der Waals surface area contributed by atoms with Crippen molar-refractivity contribution in [2.45, 2.75) is 67.2 Å². The quantitative estimate of drug-likeness (QED) is 0.697. The third kappa shape index (κ3) is 5.90. The van der Waals surface area contributed by atoms with Crippen LogP contribution in [0, 0.1) is 16.7 Å². The van der Waals surface area contributed by atoms with Crippen molar-refractivity contribution < 1.29 is 0 Å². The van der Waals surface area contributed by atoms with Crippen LogP contribution in [0.15, 0.2) is 0 Å². The molecule has 0 N–H and O–H groups in total. The standard InChI is InChI=1S/C16H33N/c1-15(2,3)12-14(16(4,5)6)13-17-10-8-7-9-11-17/h14H,7-13H2,1-6H3/t14-/m0/s1. The van der Waals surface area contributed by atoms with E-state index in [2.05, 4.69) is 46.4 Å². The van der Waals surface area contributed by atoms with Gasteiger partial charge in [-0.25, -0.2) is 0 Å². The lowest BCUT2D eigenvalue weighted by atomic mass is 9.72. The van der Waals surface area contributed by atoms with Gasteiger partial charge in [0.05, 0.1) is 0 Å². The molecule has 0 saturated carbocycles. The van der Waals surface area contributed by atoms with Crippen molar-refractivity contribution in [1.82, 2.24) is 4.90 Å². The highest BCUT2D eigenvalue weighted by Gasteiger charge is 2.30. The van der Waals surface area contributed by atoms with Gasteiger partial charge >= 0.3 is 0 Å². The zero-order valence-electron chi connectivity index (χ0n) is 13.0. The van der Waals surface area contributed by atoms with Crippen LogP contribution in [0.5, 0.6) is 0 Å². The summed E-state index contributed by atoms with van der Waals surface area (Å²) < 4.78 is 0. The molecule has 0 unspecified atom stereocenters. The van der Waals surface area contributed by atoms with E-state index < -0.39 is 0 Å². The van der Waals surface area contributed by atoms with E-state index in [1.165, 1.54) is 45.3 Å². The first-order chi connectivity index (χ1) is 7.68. The fourth-order valence-electron chi connectivity index (χ4n) is 2.84. The molecule has 1 atom stereocenters. The summed E-state index contributed by atoms with van der Waals surface area (Å²) in [5, 5.41) is 0. The number of likely N-dealkylation sites (tertiary alicyclic amines) is 1. The molecule has 0 aromatic rings. The molecule has 0 amide bonds. The van der Waals surface area contributed by atoms with E-state index in [0.717, 1.165) is 5.92 Å². The molecule has 17 heavy (non-hydrogen) atoms. The third-order valence-corrected chi connectivity index (χ3v) is 4.01. The Bertz CT molecular complexity index is 213. The van der Waals surface area contributed by atoms with E-state index in [0.29, 0.717) is 10.8 Å². The highest BCUT2D eigenvalue weighted by Crippen LogP contribution is 2.36. The Balaban J connectivity index is 2.57. The molecular weight excluding hydrogens is 206 g/mol. The van der Waals surface area contributed by atoms with Gasteiger partial charge in [0.1, 0.15) is 0 Å². The molecular formula is C16H33N. The van der Waals surface area contributed by atoms with Gasteiger partial charge in [0.15, 0.2) is 0 Å². The Morgan fingerprint density at radius 3 is 1.82 bits per heavy atom. The molecule has 1 heterocycles. The van der Waals surface area contributed by atoms with E-state index in [1.807, 2.05) is 0 Å². The van der Waals surface area contributed by atoms with Gasteiger partial charge in [-0.2, -0.15) is 0 Å². The smallest absolute Gasteiger partial charge is 0.00149 e. The Hall–Kier alpha value is -0.0400. The minimum absolute atomic E-state index is 0.435. The van der Waals surface area contributed by atoms with Gasteiger partial charge in [-0.15, -0.1) is 0 Å². The van der Waals surface area contributed by atoms with E-state index >= 15 is 0 Å².